The average molecular weight is 486 g/mol. The molecule has 0 N–H and O–H groups in total. The Kier molecular flexibility index (Phi) is 5.60. The Bertz CT molecular complexity index is 1270. The van der Waals surface area contributed by atoms with Crippen LogP contribution in [0.5, 0.6) is 0 Å². The van der Waals surface area contributed by atoms with Gasteiger partial charge in [0.2, 0.25) is 5.91 Å². The van der Waals surface area contributed by atoms with Crippen molar-refractivity contribution in [3.63, 3.8) is 0 Å². The van der Waals surface area contributed by atoms with Gasteiger partial charge in [-0.05, 0) is 60.4 Å². The molecule has 2 bridgehead atoms. The summed E-state index contributed by atoms with van der Waals surface area (Å²) < 4.78 is 7.05. The highest BCUT2D eigenvalue weighted by Crippen LogP contribution is 2.52. The summed E-state index contributed by atoms with van der Waals surface area (Å²) in [6.07, 6.45) is 4.83. The van der Waals surface area contributed by atoms with Crippen LogP contribution in [0.1, 0.15) is 45.8 Å². The van der Waals surface area contributed by atoms with E-state index in [4.69, 9.17) is 21.0 Å². The maximum absolute atomic E-state index is 13.3. The van der Waals surface area contributed by atoms with Crippen LogP contribution in [0, 0.1) is 10.8 Å². The molecule has 1 aliphatic heterocycles. The van der Waals surface area contributed by atoms with E-state index in [-0.39, 0.29) is 34.6 Å². The Balaban J connectivity index is 1.42. The number of carbonyl (C=O) groups excluding carboxylic acids is 1. The van der Waals surface area contributed by atoms with E-state index in [1.165, 1.54) is 11.8 Å². The number of carbonyl (C=O) groups is 1. The quantitative estimate of drug-likeness (QED) is 0.366. The fourth-order valence-electron chi connectivity index (χ4n) is 5.94. The van der Waals surface area contributed by atoms with Gasteiger partial charge in [0.15, 0.2) is 5.16 Å². The lowest BCUT2D eigenvalue weighted by Crippen LogP contribution is -2.38. The molecule has 6 nitrogen and oxygen atoms in total. The molecule has 1 aliphatic carbocycles. The number of furan rings is 1. The van der Waals surface area contributed by atoms with Gasteiger partial charge in [-0.25, -0.2) is 4.98 Å². The molecule has 33 heavy (non-hydrogen) atoms. The Hall–Kier alpha value is -2.25. The first-order valence-corrected chi connectivity index (χ1v) is 12.6. The second-order valence-electron chi connectivity index (χ2n) is 10.6. The molecule has 1 saturated carbocycles. The second kappa shape index (κ2) is 8.20. The molecule has 5 rings (SSSR count). The van der Waals surface area contributed by atoms with Crippen LogP contribution in [0.2, 0.25) is 5.02 Å². The van der Waals surface area contributed by atoms with Gasteiger partial charge >= 0.3 is 0 Å². The minimum atomic E-state index is -0.172. The summed E-state index contributed by atoms with van der Waals surface area (Å²) in [5.74, 6) is 1.00. The smallest absolute Gasteiger partial charge is 0.262 e. The summed E-state index contributed by atoms with van der Waals surface area (Å²) >= 11 is 7.46. The molecule has 3 aromatic rings. The normalized spacial score (nSPS) is 23.9. The third-order valence-electron chi connectivity index (χ3n) is 6.84. The van der Waals surface area contributed by atoms with Crippen molar-refractivity contribution in [2.75, 3.05) is 12.3 Å². The maximum Gasteiger partial charge on any atom is 0.262 e. The van der Waals surface area contributed by atoms with E-state index in [9.17, 15) is 9.59 Å². The highest BCUT2D eigenvalue weighted by molar-refractivity contribution is 7.99. The van der Waals surface area contributed by atoms with Crippen molar-refractivity contribution >= 4 is 40.2 Å². The first kappa shape index (κ1) is 22.5. The van der Waals surface area contributed by atoms with Crippen LogP contribution in [0.25, 0.3) is 10.9 Å². The molecule has 3 heterocycles. The molecular formula is C25H28ClN3O3S. The van der Waals surface area contributed by atoms with Gasteiger partial charge in [0, 0.05) is 17.6 Å². The molecule has 0 unspecified atom stereocenters. The molecule has 0 radical (unpaired) electrons. The summed E-state index contributed by atoms with van der Waals surface area (Å²) in [7, 11) is 0. The van der Waals surface area contributed by atoms with Gasteiger partial charge in [-0.1, -0.05) is 44.1 Å². The number of hydrogen-bond donors (Lipinski definition) is 0. The minimum absolute atomic E-state index is 0.108. The van der Waals surface area contributed by atoms with E-state index in [1.54, 1.807) is 35.1 Å². The molecule has 1 amide bonds. The topological polar surface area (TPSA) is 68.3 Å². The van der Waals surface area contributed by atoms with Crippen molar-refractivity contribution in [2.45, 2.75) is 57.8 Å². The van der Waals surface area contributed by atoms with E-state index in [1.807, 2.05) is 6.07 Å². The van der Waals surface area contributed by atoms with E-state index in [2.05, 4.69) is 25.7 Å². The zero-order valence-corrected chi connectivity index (χ0v) is 20.7. The third-order valence-corrected chi connectivity index (χ3v) is 8.03. The number of aromatic nitrogens is 2. The third kappa shape index (κ3) is 4.45. The van der Waals surface area contributed by atoms with Crippen molar-refractivity contribution in [1.82, 2.24) is 14.5 Å². The van der Waals surface area contributed by atoms with Crippen LogP contribution in [-0.4, -0.2) is 38.7 Å². The fraction of sp³-hybridized carbons (Fsp3) is 0.480. The zero-order valence-electron chi connectivity index (χ0n) is 19.1. The number of thioether (sulfide) groups is 1. The van der Waals surface area contributed by atoms with Crippen molar-refractivity contribution in [3.8, 4) is 0 Å². The number of hydrogen-bond acceptors (Lipinski definition) is 5. The van der Waals surface area contributed by atoms with Crippen molar-refractivity contribution in [2.24, 2.45) is 10.8 Å². The Morgan fingerprint density at radius 3 is 2.85 bits per heavy atom. The number of nitrogens with zero attached hydrogens (tertiary/aromatic N) is 3. The molecule has 2 aromatic heterocycles. The largest absolute Gasteiger partial charge is 0.467 e. The van der Waals surface area contributed by atoms with Crippen molar-refractivity contribution in [3.05, 3.63) is 57.7 Å². The van der Waals surface area contributed by atoms with Crippen molar-refractivity contribution in [1.29, 1.82) is 0 Å². The Labute approximate surface area is 202 Å². The van der Waals surface area contributed by atoms with Crippen LogP contribution < -0.4 is 5.56 Å². The van der Waals surface area contributed by atoms with Crippen LogP contribution in [-0.2, 0) is 11.3 Å². The van der Waals surface area contributed by atoms with Gasteiger partial charge in [-0.15, -0.1) is 0 Å². The fourth-order valence-corrected chi connectivity index (χ4v) is 6.99. The summed E-state index contributed by atoms with van der Waals surface area (Å²) in [6, 6.07) is 8.98. The van der Waals surface area contributed by atoms with Crippen LogP contribution >= 0.6 is 23.4 Å². The predicted octanol–water partition coefficient (Wildman–Crippen LogP) is 5.21. The first-order valence-electron chi connectivity index (χ1n) is 11.3. The van der Waals surface area contributed by atoms with Gasteiger partial charge in [0.05, 0.1) is 29.5 Å². The predicted molar refractivity (Wildman–Crippen MR) is 131 cm³/mol. The molecule has 2 fully saturated rings. The van der Waals surface area contributed by atoms with Gasteiger partial charge in [0.25, 0.3) is 5.56 Å². The van der Waals surface area contributed by atoms with Crippen LogP contribution in [0.4, 0.5) is 0 Å². The van der Waals surface area contributed by atoms with Gasteiger partial charge < -0.3 is 9.32 Å². The standard InChI is InChI=1S/C25H28ClN3O3S/c1-24(2)10-17-11-25(3,14-24)15-29(17)21(30)13-33-23-27-20-9-16(26)6-7-19(20)22(31)28(23)12-18-5-4-8-32-18/h4-9,17H,10-15H2,1-3H3/t17-,25-/m0/s1. The number of fused-ring (bicyclic) bond motifs is 3. The molecular weight excluding hydrogens is 458 g/mol. The van der Waals surface area contributed by atoms with E-state index < -0.39 is 0 Å². The number of rotatable bonds is 5. The van der Waals surface area contributed by atoms with Gasteiger partial charge in [-0.3, -0.25) is 14.2 Å². The first-order chi connectivity index (χ1) is 15.6. The SMILES string of the molecule is CC1(C)C[C@H]2C[C@](C)(CN2C(=O)CSc2nc3cc(Cl)ccc3c(=O)n2Cc2ccco2)C1. The lowest BCUT2D eigenvalue weighted by Gasteiger charge is -2.39. The molecule has 1 saturated heterocycles. The maximum atomic E-state index is 13.3. The number of benzene rings is 1. The summed E-state index contributed by atoms with van der Waals surface area (Å²) in [5, 5.41) is 1.50. The summed E-state index contributed by atoms with van der Waals surface area (Å²) in [5.41, 5.74) is 0.799. The number of halogens is 1. The highest BCUT2D eigenvalue weighted by atomic mass is 35.5. The number of amides is 1. The second-order valence-corrected chi connectivity index (χ2v) is 11.9. The molecule has 2 aliphatic rings. The summed E-state index contributed by atoms with van der Waals surface area (Å²) in [6.45, 7) is 7.97. The lowest BCUT2D eigenvalue weighted by molar-refractivity contribution is -0.129. The van der Waals surface area contributed by atoms with Crippen LogP contribution in [0.3, 0.4) is 0 Å². The molecule has 8 heteroatoms. The van der Waals surface area contributed by atoms with E-state index >= 15 is 0 Å². The Morgan fingerprint density at radius 1 is 1.27 bits per heavy atom. The molecule has 0 spiro atoms. The lowest BCUT2D eigenvalue weighted by atomic mass is 9.65. The molecule has 174 valence electrons. The summed E-state index contributed by atoms with van der Waals surface area (Å²) in [4.78, 5) is 33.3. The average Bonchev–Trinajstić information content (AvgIpc) is 3.32. The van der Waals surface area contributed by atoms with Crippen molar-refractivity contribution < 1.29 is 9.21 Å². The van der Waals surface area contributed by atoms with E-state index in [0.29, 0.717) is 32.9 Å². The van der Waals surface area contributed by atoms with Gasteiger partial charge in [-0.2, -0.15) is 0 Å². The molecule has 2 atom stereocenters. The Morgan fingerprint density at radius 2 is 2.09 bits per heavy atom. The van der Waals surface area contributed by atoms with E-state index in [0.717, 1.165) is 25.8 Å². The molecule has 1 aromatic carbocycles. The minimum Gasteiger partial charge on any atom is -0.467 e. The zero-order chi connectivity index (χ0) is 23.4. The van der Waals surface area contributed by atoms with Crippen LogP contribution in [0.15, 0.2) is 51.0 Å². The monoisotopic (exact) mass is 485 g/mol. The number of likely N-dealkylation sites (tertiary alicyclic amines) is 1. The van der Waals surface area contributed by atoms with Gasteiger partial charge in [0.1, 0.15) is 5.76 Å². The highest BCUT2D eigenvalue weighted by Gasteiger charge is 2.50.